The Bertz CT molecular complexity index is 1260. The van der Waals surface area contributed by atoms with Crippen molar-refractivity contribution in [2.75, 3.05) is 12.0 Å². The van der Waals surface area contributed by atoms with E-state index in [1.165, 1.54) is 13.2 Å². The summed E-state index contributed by atoms with van der Waals surface area (Å²) in [5.74, 6) is 0.390. The molecule has 1 aliphatic heterocycles. The lowest BCUT2D eigenvalue weighted by Crippen LogP contribution is -2.27. The van der Waals surface area contributed by atoms with Crippen molar-refractivity contribution in [1.82, 2.24) is 0 Å². The molecule has 4 rings (SSSR count). The van der Waals surface area contributed by atoms with Crippen LogP contribution in [0.1, 0.15) is 11.1 Å². The summed E-state index contributed by atoms with van der Waals surface area (Å²) in [5.41, 5.74) is 1.56. The summed E-state index contributed by atoms with van der Waals surface area (Å²) < 4.78 is 11.2. The Balaban J connectivity index is 1.54. The van der Waals surface area contributed by atoms with Crippen LogP contribution in [0.2, 0.25) is 0 Å². The second kappa shape index (κ2) is 9.58. The van der Waals surface area contributed by atoms with Crippen molar-refractivity contribution in [2.24, 2.45) is 0 Å². The molecule has 1 heterocycles. The van der Waals surface area contributed by atoms with Crippen LogP contribution in [0.4, 0.5) is 16.2 Å². The molecule has 9 heteroatoms. The molecule has 0 radical (unpaired) electrons. The smallest absolute Gasteiger partial charge is 0.298 e. The molecule has 0 N–H and O–H groups in total. The molecule has 33 heavy (non-hydrogen) atoms. The number of nitrogens with zero attached hydrogens (tertiary/aromatic N) is 2. The van der Waals surface area contributed by atoms with Gasteiger partial charge in [-0.15, -0.1) is 0 Å². The molecule has 0 bridgehead atoms. The van der Waals surface area contributed by atoms with E-state index in [0.29, 0.717) is 33.2 Å². The Kier molecular flexibility index (Phi) is 6.41. The van der Waals surface area contributed by atoms with Crippen LogP contribution in [0.3, 0.4) is 0 Å². The number of carbonyl (C=O) groups excluding carboxylic acids is 2. The van der Waals surface area contributed by atoms with Crippen molar-refractivity contribution in [3.8, 4) is 11.5 Å². The van der Waals surface area contributed by atoms with E-state index in [1.54, 1.807) is 66.7 Å². The fourth-order valence-electron chi connectivity index (χ4n) is 3.28. The van der Waals surface area contributed by atoms with E-state index in [1.807, 2.05) is 6.07 Å². The molecule has 0 unspecified atom stereocenters. The molecular weight excluding hydrogens is 444 g/mol. The number of benzene rings is 3. The van der Waals surface area contributed by atoms with Crippen molar-refractivity contribution < 1.29 is 24.0 Å². The monoisotopic (exact) mass is 462 g/mol. The number of anilines is 1. The lowest BCUT2D eigenvalue weighted by Gasteiger charge is -2.12. The summed E-state index contributed by atoms with van der Waals surface area (Å²) in [7, 11) is 1.47. The fourth-order valence-corrected chi connectivity index (χ4v) is 4.12. The van der Waals surface area contributed by atoms with Gasteiger partial charge in [0.05, 0.1) is 28.2 Å². The predicted molar refractivity (Wildman–Crippen MR) is 125 cm³/mol. The van der Waals surface area contributed by atoms with Gasteiger partial charge in [0, 0.05) is 6.07 Å². The first-order valence-corrected chi connectivity index (χ1v) is 10.7. The zero-order valence-corrected chi connectivity index (χ0v) is 18.3. The summed E-state index contributed by atoms with van der Waals surface area (Å²) >= 11 is 0.864. The second-order valence-electron chi connectivity index (χ2n) is 6.94. The Morgan fingerprint density at radius 1 is 1.00 bits per heavy atom. The van der Waals surface area contributed by atoms with Gasteiger partial charge in [0.25, 0.3) is 16.8 Å². The molecule has 166 valence electrons. The van der Waals surface area contributed by atoms with Gasteiger partial charge >= 0.3 is 0 Å². The van der Waals surface area contributed by atoms with Crippen LogP contribution in [0.15, 0.2) is 77.7 Å². The Morgan fingerprint density at radius 3 is 2.45 bits per heavy atom. The summed E-state index contributed by atoms with van der Waals surface area (Å²) in [4.78, 5) is 37.3. The average Bonchev–Trinajstić information content (AvgIpc) is 3.11. The SMILES string of the molecule is COc1cc(/C=C2/SC(=O)N(c3ccccc3)C2=O)ccc1OCc1ccccc1[N+](=O)[O-]. The second-order valence-corrected chi connectivity index (χ2v) is 7.93. The van der Waals surface area contributed by atoms with Gasteiger partial charge in [0.15, 0.2) is 11.5 Å². The number of methoxy groups -OCH3 is 1. The minimum atomic E-state index is -0.457. The van der Waals surface area contributed by atoms with Crippen LogP contribution in [0.5, 0.6) is 11.5 Å². The van der Waals surface area contributed by atoms with E-state index in [9.17, 15) is 19.7 Å². The van der Waals surface area contributed by atoms with E-state index in [2.05, 4.69) is 0 Å². The van der Waals surface area contributed by atoms with Crippen LogP contribution in [-0.4, -0.2) is 23.2 Å². The number of thioether (sulfide) groups is 1. The summed E-state index contributed by atoms with van der Waals surface area (Å²) in [6.45, 7) is -0.0111. The highest BCUT2D eigenvalue weighted by Gasteiger charge is 2.36. The molecule has 2 amide bonds. The van der Waals surface area contributed by atoms with Gasteiger partial charge in [0.2, 0.25) is 0 Å². The highest BCUT2D eigenvalue weighted by atomic mass is 32.2. The zero-order chi connectivity index (χ0) is 23.4. The number of hydrogen-bond acceptors (Lipinski definition) is 7. The normalized spacial score (nSPS) is 14.6. The van der Waals surface area contributed by atoms with Gasteiger partial charge in [-0.2, -0.15) is 0 Å². The summed E-state index contributed by atoms with van der Waals surface area (Å²) in [5, 5.41) is 10.8. The van der Waals surface area contributed by atoms with E-state index in [4.69, 9.17) is 9.47 Å². The van der Waals surface area contributed by atoms with Crippen LogP contribution in [0, 0.1) is 10.1 Å². The number of nitro benzene ring substituents is 1. The molecule has 1 aliphatic rings. The van der Waals surface area contributed by atoms with Gasteiger partial charge in [-0.25, -0.2) is 4.90 Å². The number of ether oxygens (including phenoxy) is 2. The van der Waals surface area contributed by atoms with E-state index < -0.39 is 10.8 Å². The number of carbonyl (C=O) groups is 2. The quantitative estimate of drug-likeness (QED) is 0.262. The number of nitro groups is 1. The molecule has 0 spiro atoms. The van der Waals surface area contributed by atoms with E-state index in [0.717, 1.165) is 16.7 Å². The lowest BCUT2D eigenvalue weighted by atomic mass is 10.1. The maximum atomic E-state index is 12.8. The minimum absolute atomic E-state index is 0.0111. The number of hydrogen-bond donors (Lipinski definition) is 0. The Hall–Kier alpha value is -4.11. The van der Waals surface area contributed by atoms with Gasteiger partial charge in [-0.05, 0) is 53.7 Å². The molecule has 0 atom stereocenters. The topological polar surface area (TPSA) is 99.0 Å². The number of rotatable bonds is 7. The Morgan fingerprint density at radius 2 is 1.73 bits per heavy atom. The highest BCUT2D eigenvalue weighted by molar-refractivity contribution is 8.19. The van der Waals surface area contributed by atoms with E-state index in [-0.39, 0.29) is 17.5 Å². The molecule has 1 fully saturated rings. The Labute approximate surface area is 193 Å². The molecule has 0 aromatic heterocycles. The standard InChI is InChI=1S/C24H18N2O6S/c1-31-21-13-16(11-12-20(21)32-15-17-7-5-6-10-19(17)26(29)30)14-22-23(27)25(24(28)33-22)18-8-3-2-4-9-18/h2-14H,15H2,1H3/b22-14+. The third kappa shape index (κ3) is 4.73. The number of para-hydroxylation sites is 2. The van der Waals surface area contributed by atoms with Gasteiger partial charge in [-0.3, -0.25) is 19.7 Å². The third-order valence-corrected chi connectivity index (χ3v) is 5.73. The van der Waals surface area contributed by atoms with E-state index >= 15 is 0 Å². The maximum Gasteiger partial charge on any atom is 0.298 e. The van der Waals surface area contributed by atoms with Crippen molar-refractivity contribution in [1.29, 1.82) is 0 Å². The van der Waals surface area contributed by atoms with Gasteiger partial charge < -0.3 is 9.47 Å². The molecule has 0 saturated carbocycles. The van der Waals surface area contributed by atoms with Gasteiger partial charge in [-0.1, -0.05) is 36.4 Å². The van der Waals surface area contributed by atoms with Crippen molar-refractivity contribution in [3.05, 3.63) is 98.9 Å². The summed E-state index contributed by atoms with van der Waals surface area (Å²) in [6.07, 6.45) is 1.61. The van der Waals surface area contributed by atoms with Crippen LogP contribution < -0.4 is 14.4 Å². The number of amides is 2. The first kappa shape index (κ1) is 22.1. The highest BCUT2D eigenvalue weighted by Crippen LogP contribution is 2.37. The van der Waals surface area contributed by atoms with Crippen LogP contribution in [-0.2, 0) is 11.4 Å². The predicted octanol–water partition coefficient (Wildman–Crippen LogP) is 5.42. The maximum absolute atomic E-state index is 12.8. The molecule has 8 nitrogen and oxygen atoms in total. The molecule has 3 aromatic rings. The van der Waals surface area contributed by atoms with Crippen molar-refractivity contribution >= 4 is 40.4 Å². The van der Waals surface area contributed by atoms with Gasteiger partial charge in [0.1, 0.15) is 6.61 Å². The average molecular weight is 462 g/mol. The molecule has 0 aliphatic carbocycles. The van der Waals surface area contributed by atoms with Crippen LogP contribution >= 0.6 is 11.8 Å². The number of imide groups is 1. The van der Waals surface area contributed by atoms with Crippen molar-refractivity contribution in [3.63, 3.8) is 0 Å². The molecule has 3 aromatic carbocycles. The summed E-state index contributed by atoms with van der Waals surface area (Å²) in [6, 6.07) is 20.1. The lowest BCUT2D eigenvalue weighted by molar-refractivity contribution is -0.385. The third-order valence-electron chi connectivity index (χ3n) is 4.87. The molecular formula is C24H18N2O6S. The molecule has 1 saturated heterocycles. The first-order valence-electron chi connectivity index (χ1n) is 9.84. The minimum Gasteiger partial charge on any atom is -0.493 e. The first-order chi connectivity index (χ1) is 16.0. The van der Waals surface area contributed by atoms with Crippen molar-refractivity contribution in [2.45, 2.75) is 6.61 Å². The fraction of sp³-hybridized carbons (Fsp3) is 0.0833. The largest absolute Gasteiger partial charge is 0.493 e. The zero-order valence-electron chi connectivity index (χ0n) is 17.5. The van der Waals surface area contributed by atoms with Crippen LogP contribution in [0.25, 0.3) is 6.08 Å².